The maximum absolute atomic E-state index is 2.45. The first-order valence-electron chi connectivity index (χ1n) is 8.58. The average molecular weight is 270 g/mol. The first-order valence-corrected chi connectivity index (χ1v) is 8.58. The number of hydrogen-bond donors (Lipinski definition) is 0. The Morgan fingerprint density at radius 1 is 1.00 bits per heavy atom. The maximum Gasteiger partial charge on any atom is -0.0228 e. The minimum atomic E-state index is 0.876. The van der Waals surface area contributed by atoms with Crippen molar-refractivity contribution in [2.24, 2.45) is 5.92 Å². The smallest absolute Gasteiger partial charge is 0.0228 e. The van der Waals surface area contributed by atoms with Crippen molar-refractivity contribution in [3.63, 3.8) is 0 Å². The van der Waals surface area contributed by atoms with Gasteiger partial charge in [-0.2, -0.15) is 0 Å². The van der Waals surface area contributed by atoms with E-state index in [0.29, 0.717) is 0 Å². The molecule has 1 atom stereocenters. The van der Waals surface area contributed by atoms with Gasteiger partial charge in [0.1, 0.15) is 0 Å². The van der Waals surface area contributed by atoms with Gasteiger partial charge in [0.15, 0.2) is 0 Å². The van der Waals surface area contributed by atoms with Crippen LogP contribution in [0.15, 0.2) is 30.3 Å². The first-order chi connectivity index (χ1) is 9.79. The lowest BCUT2D eigenvalue weighted by molar-refractivity contribution is 0.534. The van der Waals surface area contributed by atoms with Crippen molar-refractivity contribution in [1.82, 2.24) is 0 Å². The van der Waals surface area contributed by atoms with Crippen molar-refractivity contribution in [3.8, 4) is 0 Å². The number of rotatable bonds is 7. The van der Waals surface area contributed by atoms with Crippen molar-refractivity contribution < 1.29 is 0 Å². The van der Waals surface area contributed by atoms with Crippen molar-refractivity contribution in [1.29, 1.82) is 0 Å². The molecular formula is C20H30. The molecule has 2 rings (SSSR count). The number of aryl methyl sites for hydroxylation is 1. The van der Waals surface area contributed by atoms with E-state index >= 15 is 0 Å². The Morgan fingerprint density at radius 2 is 1.75 bits per heavy atom. The number of benzene rings is 1. The SMILES string of the molecule is CCCCCCCc1ccc(C2=CCC(C)CC2)cc1. The van der Waals surface area contributed by atoms with Gasteiger partial charge in [-0.15, -0.1) is 0 Å². The minimum absolute atomic E-state index is 0.876. The summed E-state index contributed by atoms with van der Waals surface area (Å²) < 4.78 is 0. The molecule has 0 heterocycles. The Hall–Kier alpha value is -1.04. The van der Waals surface area contributed by atoms with Crippen LogP contribution in [0.2, 0.25) is 0 Å². The van der Waals surface area contributed by atoms with Crippen molar-refractivity contribution in [2.45, 2.75) is 71.6 Å². The molecule has 0 bridgehead atoms. The van der Waals surface area contributed by atoms with Crippen molar-refractivity contribution in [2.75, 3.05) is 0 Å². The Kier molecular flexibility index (Phi) is 6.36. The zero-order valence-corrected chi connectivity index (χ0v) is 13.3. The van der Waals surface area contributed by atoms with Crippen LogP contribution >= 0.6 is 0 Å². The summed E-state index contributed by atoms with van der Waals surface area (Å²) in [5.41, 5.74) is 4.53. The molecule has 0 nitrogen and oxygen atoms in total. The molecule has 0 fully saturated rings. The normalized spacial score (nSPS) is 18.9. The highest BCUT2D eigenvalue weighted by atomic mass is 14.2. The third-order valence-electron chi connectivity index (χ3n) is 4.57. The fraction of sp³-hybridized carbons (Fsp3) is 0.600. The van der Waals surface area contributed by atoms with Crippen LogP contribution in [-0.2, 0) is 6.42 Å². The molecule has 1 aliphatic rings. The van der Waals surface area contributed by atoms with Gasteiger partial charge in [-0.25, -0.2) is 0 Å². The summed E-state index contributed by atoms with van der Waals surface area (Å²) in [4.78, 5) is 0. The van der Waals surface area contributed by atoms with Crippen LogP contribution in [0.4, 0.5) is 0 Å². The summed E-state index contributed by atoms with van der Waals surface area (Å²) in [6.07, 6.45) is 14.4. The van der Waals surface area contributed by atoms with Gasteiger partial charge >= 0.3 is 0 Å². The molecule has 0 radical (unpaired) electrons. The monoisotopic (exact) mass is 270 g/mol. The molecule has 1 aliphatic carbocycles. The van der Waals surface area contributed by atoms with Crippen LogP contribution in [0.1, 0.15) is 76.3 Å². The van der Waals surface area contributed by atoms with E-state index in [2.05, 4.69) is 44.2 Å². The Morgan fingerprint density at radius 3 is 2.40 bits per heavy atom. The molecule has 0 spiro atoms. The summed E-state index contributed by atoms with van der Waals surface area (Å²) in [7, 11) is 0. The molecule has 0 saturated heterocycles. The summed E-state index contributed by atoms with van der Waals surface area (Å²) in [6.45, 7) is 4.63. The predicted molar refractivity (Wildman–Crippen MR) is 89.9 cm³/mol. The zero-order valence-electron chi connectivity index (χ0n) is 13.3. The third kappa shape index (κ3) is 4.81. The van der Waals surface area contributed by atoms with Gasteiger partial charge in [-0.05, 0) is 54.7 Å². The fourth-order valence-corrected chi connectivity index (χ4v) is 3.05. The van der Waals surface area contributed by atoms with Gasteiger partial charge in [0.05, 0.1) is 0 Å². The largest absolute Gasteiger partial charge is 0.0805 e. The highest BCUT2D eigenvalue weighted by Crippen LogP contribution is 2.30. The van der Waals surface area contributed by atoms with E-state index in [1.807, 2.05) is 0 Å². The quantitative estimate of drug-likeness (QED) is 0.503. The third-order valence-corrected chi connectivity index (χ3v) is 4.57. The van der Waals surface area contributed by atoms with Gasteiger partial charge in [-0.3, -0.25) is 0 Å². The molecule has 0 aliphatic heterocycles. The van der Waals surface area contributed by atoms with E-state index in [1.165, 1.54) is 68.9 Å². The topological polar surface area (TPSA) is 0 Å². The van der Waals surface area contributed by atoms with Gasteiger partial charge in [0, 0.05) is 0 Å². The molecule has 0 N–H and O–H groups in total. The minimum Gasteiger partial charge on any atom is -0.0805 e. The maximum atomic E-state index is 2.45. The van der Waals surface area contributed by atoms with E-state index in [9.17, 15) is 0 Å². The molecule has 1 unspecified atom stereocenters. The molecule has 1 aromatic rings. The fourth-order valence-electron chi connectivity index (χ4n) is 3.05. The number of allylic oxidation sites excluding steroid dienone is 2. The highest BCUT2D eigenvalue weighted by Gasteiger charge is 2.11. The van der Waals surface area contributed by atoms with Crippen LogP contribution in [-0.4, -0.2) is 0 Å². The van der Waals surface area contributed by atoms with Gasteiger partial charge in [0.25, 0.3) is 0 Å². The summed E-state index contributed by atoms with van der Waals surface area (Å²) in [6, 6.07) is 9.36. The highest BCUT2D eigenvalue weighted by molar-refractivity contribution is 5.66. The average Bonchev–Trinajstić information content (AvgIpc) is 2.49. The standard InChI is InChI=1S/C20H30/c1-3-4-5-6-7-8-18-11-15-20(16-12-18)19-13-9-17(2)10-14-19/h11-13,15-17H,3-10,14H2,1-2H3. The molecule has 110 valence electrons. The predicted octanol–water partition coefficient (Wildman–Crippen LogP) is 6.40. The molecular weight excluding hydrogens is 240 g/mol. The van der Waals surface area contributed by atoms with Crippen LogP contribution in [0.25, 0.3) is 5.57 Å². The van der Waals surface area contributed by atoms with E-state index < -0.39 is 0 Å². The van der Waals surface area contributed by atoms with Gasteiger partial charge < -0.3 is 0 Å². The van der Waals surface area contributed by atoms with E-state index in [4.69, 9.17) is 0 Å². The zero-order chi connectivity index (χ0) is 14.2. The van der Waals surface area contributed by atoms with Crippen LogP contribution in [0.3, 0.4) is 0 Å². The second kappa shape index (κ2) is 8.29. The Bertz CT molecular complexity index is 410. The second-order valence-electron chi connectivity index (χ2n) is 6.47. The number of unbranched alkanes of at least 4 members (excludes halogenated alkanes) is 4. The van der Waals surface area contributed by atoms with E-state index in [-0.39, 0.29) is 0 Å². The molecule has 0 heteroatoms. The van der Waals surface area contributed by atoms with Crippen molar-refractivity contribution in [3.05, 3.63) is 41.5 Å². The molecule has 0 amide bonds. The summed E-state index contributed by atoms with van der Waals surface area (Å²) in [5.74, 6) is 0.876. The van der Waals surface area contributed by atoms with Crippen LogP contribution in [0, 0.1) is 5.92 Å². The second-order valence-corrected chi connectivity index (χ2v) is 6.47. The summed E-state index contributed by atoms with van der Waals surface area (Å²) in [5, 5.41) is 0. The lowest BCUT2D eigenvalue weighted by Gasteiger charge is -2.18. The van der Waals surface area contributed by atoms with Crippen LogP contribution < -0.4 is 0 Å². The molecule has 0 aromatic heterocycles. The van der Waals surface area contributed by atoms with Gasteiger partial charge in [0.2, 0.25) is 0 Å². The number of hydrogen-bond acceptors (Lipinski definition) is 0. The van der Waals surface area contributed by atoms with E-state index in [1.54, 1.807) is 5.57 Å². The van der Waals surface area contributed by atoms with Crippen molar-refractivity contribution >= 4 is 5.57 Å². The molecule has 20 heavy (non-hydrogen) atoms. The van der Waals surface area contributed by atoms with E-state index in [0.717, 1.165) is 5.92 Å². The Labute approximate surface area is 125 Å². The molecule has 0 saturated carbocycles. The van der Waals surface area contributed by atoms with Crippen LogP contribution in [0.5, 0.6) is 0 Å². The Balaban J connectivity index is 1.81. The lowest BCUT2D eigenvalue weighted by atomic mass is 9.87. The molecule has 1 aromatic carbocycles. The lowest BCUT2D eigenvalue weighted by Crippen LogP contribution is -2.01. The first kappa shape index (κ1) is 15.4. The summed E-state index contributed by atoms with van der Waals surface area (Å²) >= 11 is 0. The van der Waals surface area contributed by atoms with Gasteiger partial charge in [-0.1, -0.05) is 69.9 Å².